The van der Waals surface area contributed by atoms with Gasteiger partial charge in [0.2, 0.25) is 5.60 Å². The summed E-state index contributed by atoms with van der Waals surface area (Å²) in [5.74, 6) is -1.46. The van der Waals surface area contributed by atoms with E-state index in [0.29, 0.717) is 13.0 Å². The fourth-order valence-electron chi connectivity index (χ4n) is 3.53. The predicted octanol–water partition coefficient (Wildman–Crippen LogP) is -0.642. The van der Waals surface area contributed by atoms with Crippen LogP contribution in [0.15, 0.2) is 11.6 Å². The van der Waals surface area contributed by atoms with E-state index in [0.717, 1.165) is 12.1 Å². The van der Waals surface area contributed by atoms with Crippen molar-refractivity contribution >= 4 is 11.9 Å². The third-order valence-electron chi connectivity index (χ3n) is 4.95. The van der Waals surface area contributed by atoms with Crippen molar-refractivity contribution in [3.63, 3.8) is 0 Å². The summed E-state index contributed by atoms with van der Waals surface area (Å²) in [6.45, 7) is 6.36. The maximum absolute atomic E-state index is 12.3. The summed E-state index contributed by atoms with van der Waals surface area (Å²) in [4.78, 5) is 25.7. The molecule has 0 aromatic rings. The number of esters is 2. The zero-order chi connectivity index (χ0) is 19.0. The van der Waals surface area contributed by atoms with Crippen LogP contribution in [0.1, 0.15) is 34.1 Å². The quantitative estimate of drug-likeness (QED) is 0.424. The van der Waals surface area contributed by atoms with Crippen LogP contribution >= 0.6 is 0 Å². The lowest BCUT2D eigenvalue weighted by Gasteiger charge is -2.38. The standard InChI is InChI=1S/C17H27NO7/c1-10(19)17(23,16(3,4)22)15(21)24-9-12-5-7-18-8-6-13(14(12)18)25-11(2)20/h5,10,13-14,19,22-23H,6-9H2,1-4H3. The van der Waals surface area contributed by atoms with E-state index in [2.05, 4.69) is 4.90 Å². The summed E-state index contributed by atoms with van der Waals surface area (Å²) in [5.41, 5.74) is -3.56. The normalized spacial score (nSPS) is 27.2. The molecule has 4 atom stereocenters. The summed E-state index contributed by atoms with van der Waals surface area (Å²) in [5, 5.41) is 30.3. The van der Waals surface area contributed by atoms with Gasteiger partial charge in [-0.1, -0.05) is 6.08 Å². The molecule has 4 unspecified atom stereocenters. The van der Waals surface area contributed by atoms with Gasteiger partial charge in [-0.15, -0.1) is 0 Å². The first kappa shape index (κ1) is 19.8. The van der Waals surface area contributed by atoms with Crippen molar-refractivity contribution in [3.05, 3.63) is 11.6 Å². The highest BCUT2D eigenvalue weighted by atomic mass is 16.6. The number of hydrogen-bond donors (Lipinski definition) is 3. The van der Waals surface area contributed by atoms with E-state index in [1.54, 1.807) is 0 Å². The Morgan fingerprint density at radius 2 is 2.04 bits per heavy atom. The second-order valence-electron chi connectivity index (χ2n) is 7.23. The highest BCUT2D eigenvalue weighted by Crippen LogP contribution is 2.32. The monoisotopic (exact) mass is 357 g/mol. The second-order valence-corrected chi connectivity index (χ2v) is 7.23. The van der Waals surface area contributed by atoms with Gasteiger partial charge in [0, 0.05) is 20.0 Å². The van der Waals surface area contributed by atoms with Crippen molar-refractivity contribution in [1.82, 2.24) is 4.90 Å². The minimum absolute atomic E-state index is 0.108. The van der Waals surface area contributed by atoms with E-state index in [-0.39, 0.29) is 24.7 Å². The number of carbonyl (C=O) groups is 2. The molecule has 0 aliphatic carbocycles. The Balaban J connectivity index is 2.05. The van der Waals surface area contributed by atoms with Crippen LogP contribution in [0.4, 0.5) is 0 Å². The van der Waals surface area contributed by atoms with Crippen LogP contribution < -0.4 is 0 Å². The van der Waals surface area contributed by atoms with Crippen molar-refractivity contribution in [2.45, 2.75) is 63.6 Å². The van der Waals surface area contributed by atoms with Gasteiger partial charge in [-0.25, -0.2) is 4.79 Å². The Labute approximate surface area is 147 Å². The topological polar surface area (TPSA) is 117 Å². The van der Waals surface area contributed by atoms with E-state index < -0.39 is 23.3 Å². The number of aliphatic hydroxyl groups excluding tert-OH is 1. The maximum atomic E-state index is 12.3. The van der Waals surface area contributed by atoms with Crippen molar-refractivity contribution in [3.8, 4) is 0 Å². The zero-order valence-electron chi connectivity index (χ0n) is 15.1. The molecule has 8 heteroatoms. The largest absolute Gasteiger partial charge is 0.460 e. The Morgan fingerprint density at radius 3 is 2.56 bits per heavy atom. The number of carbonyl (C=O) groups excluding carboxylic acids is 2. The van der Waals surface area contributed by atoms with E-state index in [1.807, 2.05) is 6.08 Å². The molecule has 142 valence electrons. The molecule has 1 saturated heterocycles. The Kier molecular flexibility index (Phi) is 5.58. The van der Waals surface area contributed by atoms with Crippen LogP contribution in [0.25, 0.3) is 0 Å². The van der Waals surface area contributed by atoms with Crippen LogP contribution in [-0.2, 0) is 19.1 Å². The number of hydrogen-bond acceptors (Lipinski definition) is 8. The average Bonchev–Trinajstić information content (AvgIpc) is 3.05. The third-order valence-corrected chi connectivity index (χ3v) is 4.95. The molecule has 0 bridgehead atoms. The van der Waals surface area contributed by atoms with Crippen molar-refractivity contribution in [2.24, 2.45) is 0 Å². The van der Waals surface area contributed by atoms with Gasteiger partial charge in [0.1, 0.15) is 18.3 Å². The van der Waals surface area contributed by atoms with E-state index in [1.165, 1.54) is 27.7 Å². The number of fused-ring (bicyclic) bond motifs is 1. The molecule has 0 radical (unpaired) electrons. The summed E-state index contributed by atoms with van der Waals surface area (Å²) < 4.78 is 10.5. The van der Waals surface area contributed by atoms with Gasteiger partial charge in [-0.05, 0) is 32.8 Å². The molecule has 0 saturated carbocycles. The molecular weight excluding hydrogens is 330 g/mol. The summed E-state index contributed by atoms with van der Waals surface area (Å²) in [6, 6.07) is -0.154. The van der Waals surface area contributed by atoms with E-state index >= 15 is 0 Å². The van der Waals surface area contributed by atoms with Crippen LogP contribution in [-0.4, -0.2) is 81.3 Å². The number of rotatable bonds is 6. The maximum Gasteiger partial charge on any atom is 0.344 e. The van der Waals surface area contributed by atoms with Gasteiger partial charge >= 0.3 is 11.9 Å². The average molecular weight is 357 g/mol. The fourth-order valence-corrected chi connectivity index (χ4v) is 3.53. The van der Waals surface area contributed by atoms with Crippen molar-refractivity contribution < 1.29 is 34.4 Å². The molecule has 0 spiro atoms. The first-order valence-corrected chi connectivity index (χ1v) is 8.38. The molecule has 2 aliphatic heterocycles. The highest BCUT2D eigenvalue weighted by molar-refractivity contribution is 5.82. The lowest BCUT2D eigenvalue weighted by Crippen LogP contribution is -2.63. The molecular formula is C17H27NO7. The van der Waals surface area contributed by atoms with Crippen molar-refractivity contribution in [1.29, 1.82) is 0 Å². The molecule has 25 heavy (non-hydrogen) atoms. The highest BCUT2D eigenvalue weighted by Gasteiger charge is 2.54. The molecule has 0 amide bonds. The fraction of sp³-hybridized carbons (Fsp3) is 0.765. The van der Waals surface area contributed by atoms with E-state index in [9.17, 15) is 24.9 Å². The van der Waals surface area contributed by atoms with Gasteiger partial charge in [-0.2, -0.15) is 0 Å². The van der Waals surface area contributed by atoms with Gasteiger partial charge in [0.25, 0.3) is 0 Å². The lowest BCUT2D eigenvalue weighted by atomic mass is 9.81. The second kappa shape index (κ2) is 7.03. The number of nitrogens with zero attached hydrogens (tertiary/aromatic N) is 1. The van der Waals surface area contributed by atoms with Crippen LogP contribution in [0.2, 0.25) is 0 Å². The third kappa shape index (κ3) is 3.72. The molecule has 8 nitrogen and oxygen atoms in total. The first-order valence-electron chi connectivity index (χ1n) is 8.38. The van der Waals surface area contributed by atoms with Gasteiger partial charge < -0.3 is 24.8 Å². The molecule has 3 N–H and O–H groups in total. The smallest absolute Gasteiger partial charge is 0.344 e. The molecule has 2 rings (SSSR count). The summed E-state index contributed by atoms with van der Waals surface area (Å²) >= 11 is 0. The predicted molar refractivity (Wildman–Crippen MR) is 87.5 cm³/mol. The molecule has 0 aromatic carbocycles. The van der Waals surface area contributed by atoms with E-state index in [4.69, 9.17) is 9.47 Å². The first-order chi connectivity index (χ1) is 11.5. The Hall–Kier alpha value is -1.48. The van der Waals surface area contributed by atoms with Crippen LogP contribution in [0.3, 0.4) is 0 Å². The number of ether oxygens (including phenoxy) is 2. The molecule has 1 fully saturated rings. The lowest BCUT2D eigenvalue weighted by molar-refractivity contribution is -0.213. The Morgan fingerprint density at radius 1 is 1.40 bits per heavy atom. The summed E-state index contributed by atoms with van der Waals surface area (Å²) in [7, 11) is 0. The summed E-state index contributed by atoms with van der Waals surface area (Å²) in [6.07, 6.45) is 0.792. The molecule has 2 heterocycles. The van der Waals surface area contributed by atoms with Crippen molar-refractivity contribution in [2.75, 3.05) is 19.7 Å². The molecule has 2 aliphatic rings. The zero-order valence-corrected chi connectivity index (χ0v) is 15.1. The van der Waals surface area contributed by atoms with Crippen LogP contribution in [0.5, 0.6) is 0 Å². The van der Waals surface area contributed by atoms with Gasteiger partial charge in [-0.3, -0.25) is 9.69 Å². The molecule has 0 aromatic heterocycles. The van der Waals surface area contributed by atoms with Gasteiger partial charge in [0.15, 0.2) is 0 Å². The minimum Gasteiger partial charge on any atom is -0.460 e. The SMILES string of the molecule is CC(=O)OC1CCN2CC=C(COC(=O)C(O)(C(C)O)C(C)(C)O)C12. The Bertz CT molecular complexity index is 566. The van der Waals surface area contributed by atoms with Crippen LogP contribution in [0, 0.1) is 0 Å². The van der Waals surface area contributed by atoms with Gasteiger partial charge in [0.05, 0.1) is 12.1 Å². The number of aliphatic hydroxyl groups is 3. The minimum atomic E-state index is -2.45.